The lowest BCUT2D eigenvalue weighted by atomic mass is 10.3. The van der Waals surface area contributed by atoms with Gasteiger partial charge in [0.2, 0.25) is 0 Å². The van der Waals surface area contributed by atoms with Crippen molar-refractivity contribution in [3.8, 4) is 0 Å². The molecule has 0 aliphatic heterocycles. The Bertz CT molecular complexity index is 262. The Balaban J connectivity index is 3.12. The molecule has 0 spiro atoms. The van der Waals surface area contributed by atoms with Gasteiger partial charge >= 0.3 is 0 Å². The normalized spacial score (nSPS) is 13.8. The Morgan fingerprint density at radius 2 is 1.83 bits per heavy atom. The molecule has 4 nitrogen and oxygen atoms in total. The average molecular weight is 168 g/mol. The molecule has 1 rings (SSSR count). The van der Waals surface area contributed by atoms with Crippen LogP contribution in [0.2, 0.25) is 0 Å². The third-order valence-electron chi connectivity index (χ3n) is 1.82. The molecule has 0 bridgehead atoms. The molecule has 1 heterocycles. The summed E-state index contributed by atoms with van der Waals surface area (Å²) in [6.07, 6.45) is 0. The van der Waals surface area contributed by atoms with Crippen LogP contribution in [0, 0.1) is 6.92 Å². The van der Waals surface area contributed by atoms with E-state index in [9.17, 15) is 0 Å². The maximum Gasteiger partial charge on any atom is 0.149 e. The van der Waals surface area contributed by atoms with Gasteiger partial charge in [0.1, 0.15) is 11.6 Å². The fraction of sp³-hybridized carbons (Fsp3) is 0.750. The van der Waals surface area contributed by atoms with E-state index in [1.165, 1.54) is 0 Å². The second-order valence-corrected chi connectivity index (χ2v) is 3.36. The molecule has 12 heavy (non-hydrogen) atoms. The van der Waals surface area contributed by atoms with E-state index in [-0.39, 0.29) is 6.04 Å². The van der Waals surface area contributed by atoms with E-state index in [4.69, 9.17) is 5.73 Å². The van der Waals surface area contributed by atoms with Crippen molar-refractivity contribution in [3.63, 3.8) is 0 Å². The summed E-state index contributed by atoms with van der Waals surface area (Å²) in [6.45, 7) is 8.06. The highest BCUT2D eigenvalue weighted by Gasteiger charge is 2.13. The molecule has 1 atom stereocenters. The number of aryl methyl sites for hydroxylation is 1. The van der Waals surface area contributed by atoms with Crippen LogP contribution in [0.25, 0.3) is 0 Å². The number of aromatic nitrogens is 3. The molecule has 1 aromatic heterocycles. The van der Waals surface area contributed by atoms with Crippen molar-refractivity contribution in [2.24, 2.45) is 5.73 Å². The lowest BCUT2D eigenvalue weighted by molar-refractivity contribution is 0.532. The highest BCUT2D eigenvalue weighted by molar-refractivity contribution is 4.99. The second kappa shape index (κ2) is 3.23. The summed E-state index contributed by atoms with van der Waals surface area (Å²) >= 11 is 0. The first-order valence-electron chi connectivity index (χ1n) is 4.21. The van der Waals surface area contributed by atoms with E-state index >= 15 is 0 Å². The Hall–Kier alpha value is -0.900. The third kappa shape index (κ3) is 1.48. The molecule has 0 aliphatic rings. The summed E-state index contributed by atoms with van der Waals surface area (Å²) in [6, 6.07) is 0.328. The minimum Gasteiger partial charge on any atom is -0.322 e. The minimum atomic E-state index is -0.0476. The lowest BCUT2D eigenvalue weighted by Gasteiger charge is -2.13. The molecule has 0 saturated carbocycles. The highest BCUT2D eigenvalue weighted by Crippen LogP contribution is 2.14. The Labute approximate surface area is 72.8 Å². The number of hydrogen-bond donors (Lipinski definition) is 1. The van der Waals surface area contributed by atoms with Gasteiger partial charge in [-0.1, -0.05) is 0 Å². The van der Waals surface area contributed by atoms with Crippen molar-refractivity contribution in [1.29, 1.82) is 0 Å². The van der Waals surface area contributed by atoms with Crippen LogP contribution in [0.4, 0.5) is 0 Å². The fourth-order valence-corrected chi connectivity index (χ4v) is 1.33. The average Bonchev–Trinajstić information content (AvgIpc) is 2.30. The highest BCUT2D eigenvalue weighted by atomic mass is 15.3. The largest absolute Gasteiger partial charge is 0.322 e. The van der Waals surface area contributed by atoms with Crippen molar-refractivity contribution in [3.05, 3.63) is 11.6 Å². The summed E-state index contributed by atoms with van der Waals surface area (Å²) in [5, 5.41) is 8.02. The van der Waals surface area contributed by atoms with Crippen molar-refractivity contribution in [1.82, 2.24) is 14.8 Å². The van der Waals surface area contributed by atoms with Gasteiger partial charge in [0, 0.05) is 6.04 Å². The van der Waals surface area contributed by atoms with Gasteiger partial charge in [-0.3, -0.25) is 0 Å². The lowest BCUT2D eigenvalue weighted by Crippen LogP contribution is -2.15. The van der Waals surface area contributed by atoms with Gasteiger partial charge in [0.15, 0.2) is 0 Å². The number of nitrogens with two attached hydrogens (primary N) is 1. The van der Waals surface area contributed by atoms with Crippen LogP contribution >= 0.6 is 0 Å². The molecule has 68 valence electrons. The van der Waals surface area contributed by atoms with Crippen molar-refractivity contribution in [2.45, 2.75) is 39.8 Å². The molecule has 0 aromatic carbocycles. The zero-order chi connectivity index (χ0) is 9.30. The van der Waals surface area contributed by atoms with E-state index in [0.717, 1.165) is 11.6 Å². The van der Waals surface area contributed by atoms with Gasteiger partial charge in [-0.25, -0.2) is 0 Å². The van der Waals surface area contributed by atoms with Crippen LogP contribution in [0.3, 0.4) is 0 Å². The summed E-state index contributed by atoms with van der Waals surface area (Å²) in [4.78, 5) is 0. The van der Waals surface area contributed by atoms with Crippen LogP contribution < -0.4 is 5.73 Å². The number of rotatable bonds is 2. The van der Waals surface area contributed by atoms with Crippen molar-refractivity contribution in [2.75, 3.05) is 0 Å². The maximum absolute atomic E-state index is 5.74. The predicted octanol–water partition coefficient (Wildman–Crippen LogP) is 1.19. The fourth-order valence-electron chi connectivity index (χ4n) is 1.33. The number of hydrogen-bond acceptors (Lipinski definition) is 3. The molecule has 0 aliphatic carbocycles. The van der Waals surface area contributed by atoms with Crippen molar-refractivity contribution >= 4 is 0 Å². The molecule has 0 unspecified atom stereocenters. The summed E-state index contributed by atoms with van der Waals surface area (Å²) < 4.78 is 2.06. The van der Waals surface area contributed by atoms with Gasteiger partial charge in [-0.2, -0.15) is 0 Å². The van der Waals surface area contributed by atoms with Crippen molar-refractivity contribution < 1.29 is 0 Å². The Kier molecular flexibility index (Phi) is 2.47. The topological polar surface area (TPSA) is 56.7 Å². The first kappa shape index (κ1) is 9.19. The quantitative estimate of drug-likeness (QED) is 0.721. The van der Waals surface area contributed by atoms with Gasteiger partial charge in [-0.05, 0) is 27.7 Å². The molecule has 4 heteroatoms. The zero-order valence-corrected chi connectivity index (χ0v) is 8.07. The predicted molar refractivity (Wildman–Crippen MR) is 47.7 cm³/mol. The zero-order valence-electron chi connectivity index (χ0n) is 8.07. The van der Waals surface area contributed by atoms with Crippen LogP contribution in [0.1, 0.15) is 44.5 Å². The van der Waals surface area contributed by atoms with Crippen LogP contribution in [0.15, 0.2) is 0 Å². The summed E-state index contributed by atoms with van der Waals surface area (Å²) in [5.41, 5.74) is 5.74. The number of nitrogens with zero attached hydrogens (tertiary/aromatic N) is 3. The van der Waals surface area contributed by atoms with E-state index in [1.54, 1.807) is 0 Å². The molecule has 0 saturated heterocycles. The first-order chi connectivity index (χ1) is 5.54. The van der Waals surface area contributed by atoms with Gasteiger partial charge in [-0.15, -0.1) is 10.2 Å². The van der Waals surface area contributed by atoms with E-state index in [0.29, 0.717) is 6.04 Å². The van der Waals surface area contributed by atoms with E-state index in [1.807, 2.05) is 13.8 Å². The Morgan fingerprint density at radius 1 is 1.25 bits per heavy atom. The molecular formula is C8H16N4. The molecule has 1 aromatic rings. The minimum absolute atomic E-state index is 0.0476. The SMILES string of the molecule is Cc1nnc([C@H](C)N)n1C(C)C. The Morgan fingerprint density at radius 3 is 2.17 bits per heavy atom. The molecule has 0 radical (unpaired) electrons. The van der Waals surface area contributed by atoms with Gasteiger partial charge in [0.25, 0.3) is 0 Å². The van der Waals surface area contributed by atoms with E-state index < -0.39 is 0 Å². The molecular weight excluding hydrogens is 152 g/mol. The molecule has 2 N–H and O–H groups in total. The molecule has 0 fully saturated rings. The van der Waals surface area contributed by atoms with Crippen LogP contribution in [-0.2, 0) is 0 Å². The van der Waals surface area contributed by atoms with Gasteiger partial charge in [0.05, 0.1) is 6.04 Å². The van der Waals surface area contributed by atoms with Gasteiger partial charge < -0.3 is 10.3 Å². The maximum atomic E-state index is 5.74. The summed E-state index contributed by atoms with van der Waals surface area (Å²) in [7, 11) is 0. The van der Waals surface area contributed by atoms with Crippen LogP contribution in [-0.4, -0.2) is 14.8 Å². The smallest absolute Gasteiger partial charge is 0.149 e. The monoisotopic (exact) mass is 168 g/mol. The van der Waals surface area contributed by atoms with Crippen LogP contribution in [0.5, 0.6) is 0 Å². The van der Waals surface area contributed by atoms with E-state index in [2.05, 4.69) is 28.6 Å². The third-order valence-corrected chi connectivity index (χ3v) is 1.82. The standard InChI is InChI=1S/C8H16N4/c1-5(2)12-7(4)10-11-8(12)6(3)9/h5-6H,9H2,1-4H3/t6-/m0/s1. The second-order valence-electron chi connectivity index (χ2n) is 3.36. The summed E-state index contributed by atoms with van der Waals surface area (Å²) in [5.74, 6) is 1.79. The molecule has 0 amide bonds. The first-order valence-corrected chi connectivity index (χ1v) is 4.21.